The first-order valence-electron chi connectivity index (χ1n) is 8.17. The highest BCUT2D eigenvalue weighted by Gasteiger charge is 2.25. The van der Waals surface area contributed by atoms with E-state index in [1.54, 1.807) is 0 Å². The molecule has 0 bridgehead atoms. The first-order chi connectivity index (χ1) is 11.1. The summed E-state index contributed by atoms with van der Waals surface area (Å²) in [6.07, 6.45) is 4.05. The molecule has 7 heteroatoms. The molecule has 2 aromatic rings. The van der Waals surface area contributed by atoms with Crippen LogP contribution in [0.2, 0.25) is 0 Å². The number of hydrogen-bond donors (Lipinski definition) is 3. The summed E-state index contributed by atoms with van der Waals surface area (Å²) in [7, 11) is 0. The van der Waals surface area contributed by atoms with Crippen molar-refractivity contribution in [1.82, 2.24) is 20.2 Å². The van der Waals surface area contributed by atoms with Crippen molar-refractivity contribution in [3.63, 3.8) is 0 Å². The van der Waals surface area contributed by atoms with Crippen LogP contribution in [0.5, 0.6) is 0 Å². The quantitative estimate of drug-likeness (QED) is 0.772. The average molecular weight is 316 g/mol. The standard InChI is InChI=1S/C16H24N6O/c1-3-4-5-11-10(2)18-16(17)19-15(11)22-7-6-13-12(8-22)14(9-23)21-20-13/h23H,3-9H2,1-2H3,(H,20,21)(H2,17,18,19). The molecule has 0 atom stereocenters. The number of anilines is 2. The van der Waals surface area contributed by atoms with E-state index < -0.39 is 0 Å². The predicted octanol–water partition coefficient (Wildman–Crippen LogP) is 1.49. The number of nitrogen functional groups attached to an aromatic ring is 1. The highest BCUT2D eigenvalue weighted by atomic mass is 16.3. The van der Waals surface area contributed by atoms with Crippen molar-refractivity contribution in [3.05, 3.63) is 28.2 Å². The molecule has 0 aromatic carbocycles. The maximum atomic E-state index is 9.45. The minimum atomic E-state index is -0.0483. The summed E-state index contributed by atoms with van der Waals surface area (Å²) >= 11 is 0. The van der Waals surface area contributed by atoms with Crippen molar-refractivity contribution in [2.45, 2.75) is 52.7 Å². The van der Waals surface area contributed by atoms with Crippen LogP contribution in [0.15, 0.2) is 0 Å². The van der Waals surface area contributed by atoms with Gasteiger partial charge in [0, 0.05) is 42.0 Å². The number of aromatic nitrogens is 4. The second-order valence-corrected chi connectivity index (χ2v) is 6.03. The number of nitrogens with zero attached hydrogens (tertiary/aromatic N) is 4. The highest BCUT2D eigenvalue weighted by Crippen LogP contribution is 2.29. The minimum Gasteiger partial charge on any atom is -0.390 e. The lowest BCUT2D eigenvalue weighted by molar-refractivity contribution is 0.275. The molecule has 3 rings (SSSR count). The van der Waals surface area contributed by atoms with Crippen molar-refractivity contribution >= 4 is 11.8 Å². The van der Waals surface area contributed by atoms with E-state index in [1.807, 2.05) is 6.92 Å². The fourth-order valence-corrected chi connectivity index (χ4v) is 3.18. The molecule has 23 heavy (non-hydrogen) atoms. The van der Waals surface area contributed by atoms with Crippen LogP contribution < -0.4 is 10.6 Å². The molecular weight excluding hydrogens is 292 g/mol. The summed E-state index contributed by atoms with van der Waals surface area (Å²) in [6, 6.07) is 0. The van der Waals surface area contributed by atoms with Crippen LogP contribution >= 0.6 is 0 Å². The van der Waals surface area contributed by atoms with E-state index in [4.69, 9.17) is 5.73 Å². The van der Waals surface area contributed by atoms with Gasteiger partial charge in [0.05, 0.1) is 12.3 Å². The number of aliphatic hydroxyl groups excluding tert-OH is 1. The molecule has 4 N–H and O–H groups in total. The molecule has 124 valence electrons. The summed E-state index contributed by atoms with van der Waals surface area (Å²) in [6.45, 7) is 5.68. The van der Waals surface area contributed by atoms with Crippen LogP contribution in [0, 0.1) is 6.92 Å². The highest BCUT2D eigenvalue weighted by molar-refractivity contribution is 5.53. The summed E-state index contributed by atoms with van der Waals surface area (Å²) in [5, 5.41) is 16.7. The van der Waals surface area contributed by atoms with Gasteiger partial charge in [-0.25, -0.2) is 4.98 Å². The monoisotopic (exact) mass is 316 g/mol. The van der Waals surface area contributed by atoms with Gasteiger partial charge in [-0.05, 0) is 19.8 Å². The summed E-state index contributed by atoms with van der Waals surface area (Å²) in [5.74, 6) is 1.25. The van der Waals surface area contributed by atoms with E-state index >= 15 is 0 Å². The van der Waals surface area contributed by atoms with Gasteiger partial charge >= 0.3 is 0 Å². The molecule has 1 aliphatic rings. The molecule has 2 aromatic heterocycles. The molecular formula is C16H24N6O. The normalized spacial score (nSPS) is 14.1. The van der Waals surface area contributed by atoms with Crippen molar-refractivity contribution in [3.8, 4) is 0 Å². The Balaban J connectivity index is 1.95. The third-order valence-electron chi connectivity index (χ3n) is 4.46. The number of rotatable bonds is 5. The van der Waals surface area contributed by atoms with Gasteiger partial charge < -0.3 is 15.7 Å². The second-order valence-electron chi connectivity index (χ2n) is 6.03. The summed E-state index contributed by atoms with van der Waals surface area (Å²) in [5.41, 5.74) is 10.9. The van der Waals surface area contributed by atoms with Crippen LogP contribution in [0.3, 0.4) is 0 Å². The van der Waals surface area contributed by atoms with Gasteiger partial charge in [0.1, 0.15) is 5.82 Å². The Kier molecular flexibility index (Phi) is 4.47. The third-order valence-corrected chi connectivity index (χ3v) is 4.46. The van der Waals surface area contributed by atoms with Crippen LogP contribution in [-0.4, -0.2) is 31.8 Å². The SMILES string of the molecule is CCCCc1c(C)nc(N)nc1N1CCc2[nH]nc(CO)c2C1. The van der Waals surface area contributed by atoms with Crippen molar-refractivity contribution in [2.24, 2.45) is 0 Å². The van der Waals surface area contributed by atoms with Crippen LogP contribution in [0.4, 0.5) is 11.8 Å². The molecule has 1 aliphatic heterocycles. The lowest BCUT2D eigenvalue weighted by Gasteiger charge is -2.30. The van der Waals surface area contributed by atoms with E-state index in [2.05, 4.69) is 32.0 Å². The van der Waals surface area contributed by atoms with Crippen LogP contribution in [0.1, 0.15) is 48.0 Å². The number of unbranched alkanes of at least 4 members (excludes halogenated alkanes) is 1. The average Bonchev–Trinajstić information content (AvgIpc) is 2.95. The number of nitrogens with two attached hydrogens (primary N) is 1. The zero-order valence-corrected chi connectivity index (χ0v) is 13.8. The molecule has 0 spiro atoms. The second kappa shape index (κ2) is 6.54. The van der Waals surface area contributed by atoms with Crippen LogP contribution in [0.25, 0.3) is 0 Å². The Hall–Kier alpha value is -2.15. The fraction of sp³-hybridized carbons (Fsp3) is 0.562. The van der Waals surface area contributed by atoms with Gasteiger partial charge in [-0.1, -0.05) is 13.3 Å². The number of fused-ring (bicyclic) bond motifs is 1. The Labute approximate surface area is 135 Å². The molecule has 0 amide bonds. The van der Waals surface area contributed by atoms with Gasteiger partial charge in [-0.2, -0.15) is 10.1 Å². The number of H-pyrrole nitrogens is 1. The maximum absolute atomic E-state index is 9.45. The molecule has 0 saturated heterocycles. The Morgan fingerprint density at radius 1 is 1.35 bits per heavy atom. The number of aryl methyl sites for hydroxylation is 1. The Morgan fingerprint density at radius 3 is 2.91 bits per heavy atom. The first kappa shape index (κ1) is 15.7. The van der Waals surface area contributed by atoms with Crippen molar-refractivity contribution in [1.29, 1.82) is 0 Å². The van der Waals surface area contributed by atoms with E-state index in [9.17, 15) is 5.11 Å². The molecule has 0 fully saturated rings. The van der Waals surface area contributed by atoms with E-state index in [-0.39, 0.29) is 6.61 Å². The zero-order chi connectivity index (χ0) is 16.4. The smallest absolute Gasteiger partial charge is 0.222 e. The summed E-state index contributed by atoms with van der Waals surface area (Å²) in [4.78, 5) is 11.1. The van der Waals surface area contributed by atoms with Gasteiger partial charge in [0.2, 0.25) is 5.95 Å². The topological polar surface area (TPSA) is 104 Å². The van der Waals surface area contributed by atoms with Crippen LogP contribution in [-0.2, 0) is 26.0 Å². The van der Waals surface area contributed by atoms with Crippen molar-refractivity contribution in [2.75, 3.05) is 17.2 Å². The molecule has 0 saturated carbocycles. The molecule has 0 radical (unpaired) electrons. The number of hydrogen-bond acceptors (Lipinski definition) is 6. The lowest BCUT2D eigenvalue weighted by Crippen LogP contribution is -2.32. The van der Waals surface area contributed by atoms with Gasteiger partial charge in [-0.15, -0.1) is 0 Å². The Morgan fingerprint density at radius 2 is 2.17 bits per heavy atom. The molecule has 7 nitrogen and oxygen atoms in total. The first-order valence-corrected chi connectivity index (χ1v) is 8.17. The maximum Gasteiger partial charge on any atom is 0.222 e. The number of aromatic amines is 1. The predicted molar refractivity (Wildman–Crippen MR) is 89.1 cm³/mol. The minimum absolute atomic E-state index is 0.0483. The lowest BCUT2D eigenvalue weighted by atomic mass is 10.0. The number of nitrogens with one attached hydrogen (secondary N) is 1. The molecule has 3 heterocycles. The molecule has 0 aliphatic carbocycles. The van der Waals surface area contributed by atoms with Gasteiger partial charge in [0.25, 0.3) is 0 Å². The largest absolute Gasteiger partial charge is 0.390 e. The zero-order valence-electron chi connectivity index (χ0n) is 13.8. The van der Waals surface area contributed by atoms with E-state index in [0.717, 1.165) is 60.7 Å². The molecule has 0 unspecified atom stereocenters. The summed E-state index contributed by atoms with van der Waals surface area (Å²) < 4.78 is 0. The van der Waals surface area contributed by atoms with Gasteiger partial charge in [-0.3, -0.25) is 5.10 Å². The fourth-order valence-electron chi connectivity index (χ4n) is 3.18. The number of aliphatic hydroxyl groups is 1. The van der Waals surface area contributed by atoms with Crippen molar-refractivity contribution < 1.29 is 5.11 Å². The van der Waals surface area contributed by atoms with E-state index in [0.29, 0.717) is 12.5 Å². The third kappa shape index (κ3) is 3.01. The van der Waals surface area contributed by atoms with E-state index in [1.165, 1.54) is 5.56 Å². The van der Waals surface area contributed by atoms with Gasteiger partial charge in [0.15, 0.2) is 0 Å². The Bertz CT molecular complexity index is 683.